The number of nitrogens with zero attached hydrogens (tertiary/aromatic N) is 2. The fourth-order valence-electron chi connectivity index (χ4n) is 4.09. The van der Waals surface area contributed by atoms with Gasteiger partial charge in [-0.2, -0.15) is 13.2 Å². The fourth-order valence-corrected chi connectivity index (χ4v) is 4.09. The van der Waals surface area contributed by atoms with Gasteiger partial charge in [-0.25, -0.2) is 0 Å². The normalized spacial score (nSPS) is 20.6. The maximum Gasteiger partial charge on any atom is 0.418 e. The quantitative estimate of drug-likeness (QED) is 0.766. The van der Waals surface area contributed by atoms with Gasteiger partial charge in [0.2, 0.25) is 11.8 Å². The highest BCUT2D eigenvalue weighted by Crippen LogP contribution is 2.41. The predicted molar refractivity (Wildman–Crippen MR) is 96.3 cm³/mol. The lowest BCUT2D eigenvalue weighted by Gasteiger charge is -2.39. The Morgan fingerprint density at radius 3 is 2.39 bits per heavy atom. The first-order valence-electron chi connectivity index (χ1n) is 9.53. The van der Waals surface area contributed by atoms with Crippen molar-refractivity contribution in [2.24, 2.45) is 5.41 Å². The average Bonchev–Trinajstić information content (AvgIpc) is 2.97. The molecule has 0 aliphatic carbocycles. The van der Waals surface area contributed by atoms with E-state index >= 15 is 0 Å². The topological polar surface area (TPSA) is 49.9 Å². The number of hydrogen-bond donors (Lipinski definition) is 0. The number of carbonyl (C=O) groups excluding carboxylic acids is 2. The lowest BCUT2D eigenvalue weighted by atomic mass is 9.77. The molecule has 0 radical (unpaired) electrons. The van der Waals surface area contributed by atoms with Crippen molar-refractivity contribution in [2.45, 2.75) is 38.5 Å². The van der Waals surface area contributed by atoms with E-state index in [1.807, 2.05) is 11.8 Å². The van der Waals surface area contributed by atoms with Crippen molar-refractivity contribution in [2.75, 3.05) is 32.8 Å². The molecule has 2 aliphatic heterocycles. The van der Waals surface area contributed by atoms with Gasteiger partial charge in [-0.05, 0) is 25.3 Å². The smallest absolute Gasteiger partial charge is 0.354 e. The summed E-state index contributed by atoms with van der Waals surface area (Å²) in [4.78, 5) is 27.8. The number of piperidine rings is 1. The van der Waals surface area contributed by atoms with E-state index in [9.17, 15) is 22.8 Å². The molecular formula is C20H25F3N2O3. The molecule has 1 aromatic carbocycles. The molecular weight excluding hydrogens is 373 g/mol. The van der Waals surface area contributed by atoms with Crippen LogP contribution < -0.4 is 0 Å². The third kappa shape index (κ3) is 4.48. The van der Waals surface area contributed by atoms with E-state index in [2.05, 4.69) is 0 Å². The summed E-state index contributed by atoms with van der Waals surface area (Å²) in [6, 6.07) is 7.31. The van der Waals surface area contributed by atoms with Crippen LogP contribution in [0.5, 0.6) is 0 Å². The van der Waals surface area contributed by atoms with Crippen LogP contribution >= 0.6 is 0 Å². The molecule has 154 valence electrons. The predicted octanol–water partition coefficient (Wildman–Crippen LogP) is 3.17. The molecule has 0 unspecified atom stereocenters. The second-order valence-electron chi connectivity index (χ2n) is 7.61. The lowest BCUT2D eigenvalue weighted by Crippen LogP contribution is -2.45. The molecule has 0 N–H and O–H groups in total. The van der Waals surface area contributed by atoms with Gasteiger partial charge in [-0.1, -0.05) is 30.3 Å². The molecule has 0 saturated carbocycles. The number of likely N-dealkylation sites (tertiary alicyclic amines) is 2. The minimum atomic E-state index is -4.60. The Hall–Kier alpha value is -2.09. The van der Waals surface area contributed by atoms with Crippen molar-refractivity contribution in [3.63, 3.8) is 0 Å². The van der Waals surface area contributed by atoms with Crippen LogP contribution in [0.1, 0.15) is 37.9 Å². The number of hydrogen-bond acceptors (Lipinski definition) is 3. The van der Waals surface area contributed by atoms with Crippen LogP contribution in [-0.4, -0.2) is 60.6 Å². The Bertz CT molecular complexity index is 700. The molecule has 8 heteroatoms. The van der Waals surface area contributed by atoms with Crippen molar-refractivity contribution in [3.8, 4) is 0 Å². The maximum atomic E-state index is 13.3. The number of carbonyl (C=O) groups is 2. The van der Waals surface area contributed by atoms with Crippen molar-refractivity contribution >= 4 is 11.8 Å². The molecule has 28 heavy (non-hydrogen) atoms. The van der Waals surface area contributed by atoms with Crippen molar-refractivity contribution in [1.82, 2.24) is 9.80 Å². The van der Waals surface area contributed by atoms with Gasteiger partial charge < -0.3 is 14.5 Å². The number of ether oxygens (including phenoxy) is 1. The van der Waals surface area contributed by atoms with Gasteiger partial charge in [-0.3, -0.25) is 9.59 Å². The maximum absolute atomic E-state index is 13.3. The van der Waals surface area contributed by atoms with Gasteiger partial charge in [0.1, 0.15) is 6.61 Å². The molecule has 2 aliphatic rings. The van der Waals surface area contributed by atoms with Crippen LogP contribution in [-0.2, 0) is 14.3 Å². The lowest BCUT2D eigenvalue weighted by molar-refractivity contribution is -0.224. The van der Waals surface area contributed by atoms with Crippen LogP contribution in [0.3, 0.4) is 0 Å². The van der Waals surface area contributed by atoms with Gasteiger partial charge in [0, 0.05) is 38.0 Å². The molecule has 5 nitrogen and oxygen atoms in total. The van der Waals surface area contributed by atoms with Crippen LogP contribution in [0, 0.1) is 5.41 Å². The largest absolute Gasteiger partial charge is 0.418 e. The first kappa shape index (κ1) is 20.6. The van der Waals surface area contributed by atoms with Gasteiger partial charge >= 0.3 is 6.18 Å². The first-order chi connectivity index (χ1) is 13.2. The van der Waals surface area contributed by atoms with E-state index in [-0.39, 0.29) is 16.9 Å². The van der Waals surface area contributed by atoms with Gasteiger partial charge in [0.05, 0.1) is 0 Å². The average molecular weight is 398 g/mol. The van der Waals surface area contributed by atoms with E-state index in [0.717, 1.165) is 0 Å². The molecule has 0 aromatic heterocycles. The van der Waals surface area contributed by atoms with Crippen molar-refractivity contribution in [3.05, 3.63) is 35.9 Å². The molecule has 2 fully saturated rings. The second kappa shape index (κ2) is 8.11. The summed E-state index contributed by atoms with van der Waals surface area (Å²) >= 11 is 0. The summed E-state index contributed by atoms with van der Waals surface area (Å²) in [5, 5.41) is 0. The Labute approximate surface area is 162 Å². The minimum Gasteiger partial charge on any atom is -0.354 e. The number of rotatable bonds is 5. The summed E-state index contributed by atoms with van der Waals surface area (Å²) in [6.45, 7) is 3.58. The Morgan fingerprint density at radius 2 is 1.86 bits per heavy atom. The highest BCUT2D eigenvalue weighted by Gasteiger charge is 2.45. The summed E-state index contributed by atoms with van der Waals surface area (Å²) in [7, 11) is 0. The third-order valence-electron chi connectivity index (χ3n) is 5.74. The molecule has 1 aromatic rings. The molecule has 2 amide bonds. The molecule has 1 spiro atoms. The number of benzene rings is 1. The number of halogens is 3. The monoisotopic (exact) mass is 398 g/mol. The number of alkyl halides is 3. The van der Waals surface area contributed by atoms with Crippen molar-refractivity contribution < 1.29 is 27.5 Å². The molecule has 3 rings (SSSR count). The molecule has 2 saturated heterocycles. The molecule has 1 atom stereocenters. The fraction of sp³-hybridized carbons (Fsp3) is 0.600. The Balaban J connectivity index is 1.55. The zero-order valence-electron chi connectivity index (χ0n) is 15.9. The van der Waals surface area contributed by atoms with E-state index < -0.39 is 24.8 Å². The van der Waals surface area contributed by atoms with E-state index in [0.29, 0.717) is 45.4 Å². The summed E-state index contributed by atoms with van der Waals surface area (Å²) in [5.41, 5.74) is -0.131. The van der Waals surface area contributed by atoms with Gasteiger partial charge in [-0.15, -0.1) is 0 Å². The van der Waals surface area contributed by atoms with E-state index in [1.165, 1.54) is 24.3 Å². The van der Waals surface area contributed by atoms with Crippen molar-refractivity contribution in [1.29, 1.82) is 0 Å². The Kier molecular flexibility index (Phi) is 5.98. The van der Waals surface area contributed by atoms with Crippen LogP contribution in [0.2, 0.25) is 0 Å². The standard InChI is InChI=1S/C20H25F3N2O3/c1-2-24-14-19(12-16(24)26)8-10-25(11-9-19)17(27)13-28-18(20(21,22)23)15-6-4-3-5-7-15/h3-7,18H,2,8-14H2,1H3/t18-/m1/s1. The summed E-state index contributed by atoms with van der Waals surface area (Å²) in [6.07, 6.45) is -4.87. The highest BCUT2D eigenvalue weighted by molar-refractivity contribution is 5.80. The Morgan fingerprint density at radius 1 is 1.21 bits per heavy atom. The van der Waals surface area contributed by atoms with E-state index in [4.69, 9.17) is 4.74 Å². The summed E-state index contributed by atoms with van der Waals surface area (Å²) < 4.78 is 45.0. The third-order valence-corrected chi connectivity index (χ3v) is 5.74. The van der Waals surface area contributed by atoms with Gasteiger partial charge in [0.15, 0.2) is 6.10 Å². The molecule has 0 bridgehead atoms. The minimum absolute atomic E-state index is 0.0236. The second-order valence-corrected chi connectivity index (χ2v) is 7.61. The zero-order valence-corrected chi connectivity index (χ0v) is 15.9. The SMILES string of the molecule is CCN1CC2(CCN(C(=O)CO[C@H](c3ccccc3)C(F)(F)F)CC2)CC1=O. The number of amides is 2. The van der Waals surface area contributed by atoms with Gasteiger partial charge in [0.25, 0.3) is 0 Å². The van der Waals surface area contributed by atoms with Crippen LogP contribution in [0.4, 0.5) is 13.2 Å². The molecule has 2 heterocycles. The highest BCUT2D eigenvalue weighted by atomic mass is 19.4. The van der Waals surface area contributed by atoms with Crippen LogP contribution in [0.25, 0.3) is 0 Å². The van der Waals surface area contributed by atoms with E-state index in [1.54, 1.807) is 11.0 Å². The zero-order chi connectivity index (χ0) is 20.4. The first-order valence-corrected chi connectivity index (χ1v) is 9.53. The van der Waals surface area contributed by atoms with Crippen LogP contribution in [0.15, 0.2) is 30.3 Å². The summed E-state index contributed by atoms with van der Waals surface area (Å²) in [5.74, 6) is -0.307.